The van der Waals surface area contributed by atoms with Crippen LogP contribution in [0.2, 0.25) is 0 Å². The number of aryl methyl sites for hydroxylation is 1. The van der Waals surface area contributed by atoms with Gasteiger partial charge in [0.25, 0.3) is 5.56 Å². The summed E-state index contributed by atoms with van der Waals surface area (Å²) in [5.41, 5.74) is 2.14. The molecule has 0 aromatic carbocycles. The highest BCUT2D eigenvalue weighted by Crippen LogP contribution is 2.05. The summed E-state index contributed by atoms with van der Waals surface area (Å²) in [5, 5.41) is 7.58. The Kier molecular flexibility index (Phi) is 4.66. The van der Waals surface area contributed by atoms with Gasteiger partial charge in [-0.15, -0.1) is 0 Å². The Morgan fingerprint density at radius 2 is 2.33 bits per heavy atom. The molecule has 0 saturated carbocycles. The number of thiophene rings is 1. The van der Waals surface area contributed by atoms with E-state index in [1.807, 2.05) is 6.92 Å². The lowest BCUT2D eigenvalue weighted by Gasteiger charge is -2.06. The van der Waals surface area contributed by atoms with Crippen molar-refractivity contribution < 1.29 is 0 Å². The number of hydrogen-bond acceptors (Lipinski definition) is 4. The van der Waals surface area contributed by atoms with Gasteiger partial charge in [0.1, 0.15) is 0 Å². The minimum atomic E-state index is 0.0159. The number of hydrogen-bond donors (Lipinski definition) is 1. The van der Waals surface area contributed by atoms with E-state index in [-0.39, 0.29) is 5.56 Å². The summed E-state index contributed by atoms with van der Waals surface area (Å²) in [6.07, 6.45) is 2.64. The highest BCUT2D eigenvalue weighted by Gasteiger charge is 1.97. The molecule has 18 heavy (non-hydrogen) atoms. The summed E-state index contributed by atoms with van der Waals surface area (Å²) < 4.78 is 1.63. The van der Waals surface area contributed by atoms with Crippen molar-refractivity contribution in [2.24, 2.45) is 0 Å². The number of nitrogens with zero attached hydrogens (tertiary/aromatic N) is 2. The third-order valence-electron chi connectivity index (χ3n) is 2.72. The second kappa shape index (κ2) is 6.47. The van der Waals surface area contributed by atoms with E-state index < -0.39 is 0 Å². The smallest absolute Gasteiger partial charge is 0.253 e. The van der Waals surface area contributed by atoms with Crippen LogP contribution in [0.15, 0.2) is 34.0 Å². The molecule has 0 amide bonds. The summed E-state index contributed by atoms with van der Waals surface area (Å²) >= 11 is 1.72. The average molecular weight is 263 g/mol. The molecule has 1 N–H and O–H groups in total. The van der Waals surface area contributed by atoms with E-state index in [1.165, 1.54) is 5.56 Å². The third kappa shape index (κ3) is 3.78. The Labute approximate surface area is 110 Å². The van der Waals surface area contributed by atoms with Crippen molar-refractivity contribution in [1.29, 1.82) is 0 Å². The van der Waals surface area contributed by atoms with Crippen LogP contribution in [0.4, 0.5) is 0 Å². The molecule has 5 heteroatoms. The maximum atomic E-state index is 11.6. The molecule has 0 saturated heterocycles. The van der Waals surface area contributed by atoms with E-state index in [1.54, 1.807) is 28.3 Å². The first kappa shape index (κ1) is 13.0. The molecule has 2 aromatic heterocycles. The molecular formula is C13H17N3OS. The molecule has 0 atom stereocenters. The molecule has 2 aromatic rings. The number of aromatic nitrogens is 2. The molecule has 0 spiro atoms. The first-order valence-electron chi connectivity index (χ1n) is 6.00. The van der Waals surface area contributed by atoms with Crippen LogP contribution in [-0.2, 0) is 13.0 Å². The molecule has 0 aliphatic rings. The highest BCUT2D eigenvalue weighted by molar-refractivity contribution is 7.07. The van der Waals surface area contributed by atoms with Crippen LogP contribution in [0, 0.1) is 6.92 Å². The fraction of sp³-hybridized carbons (Fsp3) is 0.385. The van der Waals surface area contributed by atoms with Crippen molar-refractivity contribution in [2.45, 2.75) is 19.9 Å². The zero-order valence-corrected chi connectivity index (χ0v) is 11.2. The molecule has 0 radical (unpaired) electrons. The van der Waals surface area contributed by atoms with Gasteiger partial charge in [0, 0.05) is 24.8 Å². The van der Waals surface area contributed by atoms with Gasteiger partial charge in [-0.25, -0.2) is 4.98 Å². The quantitative estimate of drug-likeness (QED) is 0.802. The minimum absolute atomic E-state index is 0.0159. The molecule has 4 nitrogen and oxygen atoms in total. The van der Waals surface area contributed by atoms with Crippen molar-refractivity contribution in [3.05, 3.63) is 50.8 Å². The highest BCUT2D eigenvalue weighted by atomic mass is 32.1. The molecule has 0 fully saturated rings. The Bertz CT molecular complexity index is 533. The maximum absolute atomic E-state index is 11.6. The van der Waals surface area contributed by atoms with E-state index >= 15 is 0 Å². The van der Waals surface area contributed by atoms with Crippen molar-refractivity contribution in [2.75, 3.05) is 13.1 Å². The zero-order valence-electron chi connectivity index (χ0n) is 10.4. The summed E-state index contributed by atoms with van der Waals surface area (Å²) in [6.45, 7) is 4.21. The van der Waals surface area contributed by atoms with Crippen LogP contribution < -0.4 is 10.9 Å². The standard InChI is InChI=1S/C13H17N3OS/c1-11-8-13(17)16(10-15-11)6-5-14-4-2-12-3-7-18-9-12/h3,7-10,14H,2,4-6H2,1H3. The average Bonchev–Trinajstić information content (AvgIpc) is 2.84. The van der Waals surface area contributed by atoms with Gasteiger partial charge in [0.05, 0.1) is 6.33 Å². The van der Waals surface area contributed by atoms with Crippen molar-refractivity contribution in [1.82, 2.24) is 14.9 Å². The topological polar surface area (TPSA) is 46.9 Å². The second-order valence-corrected chi connectivity index (χ2v) is 4.97. The predicted molar refractivity (Wildman–Crippen MR) is 74.1 cm³/mol. The van der Waals surface area contributed by atoms with Crippen molar-refractivity contribution in [3.63, 3.8) is 0 Å². The fourth-order valence-corrected chi connectivity index (χ4v) is 2.38. The lowest BCUT2D eigenvalue weighted by molar-refractivity contribution is 0.578. The molecule has 0 unspecified atom stereocenters. The normalized spacial score (nSPS) is 10.7. The van der Waals surface area contributed by atoms with Gasteiger partial charge in [-0.05, 0) is 42.3 Å². The van der Waals surface area contributed by atoms with Crippen molar-refractivity contribution in [3.8, 4) is 0 Å². The van der Waals surface area contributed by atoms with Gasteiger partial charge in [-0.1, -0.05) is 0 Å². The lowest BCUT2D eigenvalue weighted by Crippen LogP contribution is -2.28. The Morgan fingerprint density at radius 3 is 3.06 bits per heavy atom. The summed E-state index contributed by atoms with van der Waals surface area (Å²) in [5.74, 6) is 0. The lowest BCUT2D eigenvalue weighted by atomic mass is 10.2. The molecule has 96 valence electrons. The summed E-state index contributed by atoms with van der Waals surface area (Å²) in [4.78, 5) is 15.7. The van der Waals surface area contributed by atoms with Crippen LogP contribution in [0.5, 0.6) is 0 Å². The van der Waals surface area contributed by atoms with Gasteiger partial charge in [-0.3, -0.25) is 9.36 Å². The second-order valence-electron chi connectivity index (χ2n) is 4.19. The predicted octanol–water partition coefficient (Wildman–Crippen LogP) is 1.45. The van der Waals surface area contributed by atoms with E-state index in [0.717, 1.165) is 25.2 Å². The molecule has 2 rings (SSSR count). The maximum Gasteiger partial charge on any atom is 0.253 e. The third-order valence-corrected chi connectivity index (χ3v) is 3.45. The van der Waals surface area contributed by atoms with E-state index in [0.29, 0.717) is 6.54 Å². The molecule has 0 bridgehead atoms. The first-order valence-corrected chi connectivity index (χ1v) is 6.95. The zero-order chi connectivity index (χ0) is 12.8. The van der Waals surface area contributed by atoms with Gasteiger partial charge < -0.3 is 5.32 Å². The largest absolute Gasteiger partial charge is 0.315 e. The van der Waals surface area contributed by atoms with Crippen LogP contribution in [0.25, 0.3) is 0 Å². The van der Waals surface area contributed by atoms with E-state index in [2.05, 4.69) is 27.1 Å². The van der Waals surface area contributed by atoms with Gasteiger partial charge >= 0.3 is 0 Å². The van der Waals surface area contributed by atoms with E-state index in [4.69, 9.17) is 0 Å². The molecular weight excluding hydrogens is 246 g/mol. The Morgan fingerprint density at radius 1 is 1.44 bits per heavy atom. The van der Waals surface area contributed by atoms with Crippen LogP contribution in [0.1, 0.15) is 11.3 Å². The van der Waals surface area contributed by atoms with Gasteiger partial charge in [0.2, 0.25) is 0 Å². The first-order chi connectivity index (χ1) is 8.75. The SMILES string of the molecule is Cc1cc(=O)n(CCNCCc2ccsc2)cn1. The number of rotatable bonds is 6. The monoisotopic (exact) mass is 263 g/mol. The minimum Gasteiger partial charge on any atom is -0.315 e. The van der Waals surface area contributed by atoms with E-state index in [9.17, 15) is 4.79 Å². The van der Waals surface area contributed by atoms with Crippen LogP contribution >= 0.6 is 11.3 Å². The summed E-state index contributed by atoms with van der Waals surface area (Å²) in [7, 11) is 0. The molecule has 2 heterocycles. The molecule has 0 aliphatic carbocycles. The Hall–Kier alpha value is -1.46. The van der Waals surface area contributed by atoms with Gasteiger partial charge in [-0.2, -0.15) is 11.3 Å². The summed E-state index contributed by atoms with van der Waals surface area (Å²) in [6, 6.07) is 3.70. The Balaban J connectivity index is 1.70. The fourth-order valence-electron chi connectivity index (χ4n) is 1.68. The van der Waals surface area contributed by atoms with Crippen molar-refractivity contribution >= 4 is 11.3 Å². The molecule has 0 aliphatic heterocycles. The van der Waals surface area contributed by atoms with Crippen LogP contribution in [0.3, 0.4) is 0 Å². The van der Waals surface area contributed by atoms with Crippen LogP contribution in [-0.4, -0.2) is 22.6 Å². The van der Waals surface area contributed by atoms with Gasteiger partial charge in [0.15, 0.2) is 0 Å². The number of nitrogens with one attached hydrogen (secondary N) is 1.